The molecule has 4 rings (SSSR count). The maximum absolute atomic E-state index is 9.53. The summed E-state index contributed by atoms with van der Waals surface area (Å²) in [7, 11) is 0. The van der Waals surface area contributed by atoms with Crippen LogP contribution < -0.4 is 0 Å². The first-order valence-corrected chi connectivity index (χ1v) is 8.48. The van der Waals surface area contributed by atoms with Crippen molar-refractivity contribution in [1.82, 2.24) is 4.40 Å². The first-order chi connectivity index (χ1) is 11.1. The van der Waals surface area contributed by atoms with Crippen molar-refractivity contribution in [2.75, 3.05) is 0 Å². The first-order valence-electron chi connectivity index (χ1n) is 7.60. The number of hydrogen-bond acceptors (Lipinski definition) is 2. The molecular formula is C20H16N2S. The van der Waals surface area contributed by atoms with Crippen LogP contribution >= 0.6 is 11.8 Å². The highest BCUT2D eigenvalue weighted by Gasteiger charge is 2.22. The van der Waals surface area contributed by atoms with Gasteiger partial charge >= 0.3 is 0 Å². The Balaban J connectivity index is 2.11. The molecule has 2 nitrogen and oxygen atoms in total. The van der Waals surface area contributed by atoms with Gasteiger partial charge in [0.15, 0.2) is 0 Å². The van der Waals surface area contributed by atoms with E-state index in [0.29, 0.717) is 0 Å². The van der Waals surface area contributed by atoms with E-state index in [9.17, 15) is 5.26 Å². The highest BCUT2D eigenvalue weighted by molar-refractivity contribution is 8.02. The van der Waals surface area contributed by atoms with Crippen LogP contribution in [-0.2, 0) is 0 Å². The van der Waals surface area contributed by atoms with E-state index >= 15 is 0 Å². The smallest absolute Gasteiger partial charge is 0.102 e. The largest absolute Gasteiger partial charge is 0.303 e. The zero-order valence-electron chi connectivity index (χ0n) is 13.3. The lowest BCUT2D eigenvalue weighted by atomic mass is 10.0. The minimum Gasteiger partial charge on any atom is -0.303 e. The Morgan fingerprint density at radius 2 is 1.78 bits per heavy atom. The molecule has 0 amide bonds. The van der Waals surface area contributed by atoms with Gasteiger partial charge in [0.25, 0.3) is 0 Å². The van der Waals surface area contributed by atoms with Crippen molar-refractivity contribution in [3.05, 3.63) is 64.2 Å². The number of thioether (sulfide) groups is 1. The summed E-state index contributed by atoms with van der Waals surface area (Å²) in [5.74, 6) is 0. The second-order valence-corrected chi connectivity index (χ2v) is 6.93. The molecule has 1 aromatic carbocycles. The molecule has 1 aliphatic heterocycles. The van der Waals surface area contributed by atoms with Gasteiger partial charge in [-0.15, -0.1) is 0 Å². The normalized spacial score (nSPS) is 13.0. The average Bonchev–Trinajstić information content (AvgIpc) is 2.92. The predicted octanol–water partition coefficient (Wildman–Crippen LogP) is 5.56. The number of hydrogen-bond donors (Lipinski definition) is 0. The van der Waals surface area contributed by atoms with Crippen LogP contribution in [0.3, 0.4) is 0 Å². The number of nitrogens with zero attached hydrogens (tertiary/aromatic N) is 2. The maximum Gasteiger partial charge on any atom is 0.102 e. The van der Waals surface area contributed by atoms with Gasteiger partial charge in [0.1, 0.15) is 11.1 Å². The second-order valence-electron chi connectivity index (χ2n) is 6.07. The molecule has 3 aromatic rings. The average molecular weight is 316 g/mol. The van der Waals surface area contributed by atoms with Crippen LogP contribution in [0.4, 0.5) is 0 Å². The number of aromatic nitrogens is 1. The molecule has 23 heavy (non-hydrogen) atoms. The van der Waals surface area contributed by atoms with Crippen molar-refractivity contribution in [2.45, 2.75) is 25.8 Å². The zero-order valence-corrected chi connectivity index (χ0v) is 14.2. The SMILES string of the molecule is CC1=CSc2c(C#N)c(C)cc3cc(-c4ccc(C)cc4)c1n23. The summed E-state index contributed by atoms with van der Waals surface area (Å²) >= 11 is 1.64. The van der Waals surface area contributed by atoms with E-state index < -0.39 is 0 Å². The molecule has 0 spiro atoms. The highest BCUT2D eigenvalue weighted by atomic mass is 32.2. The fourth-order valence-corrected chi connectivity index (χ4v) is 4.25. The van der Waals surface area contributed by atoms with Crippen LogP contribution in [0.1, 0.15) is 29.3 Å². The molecule has 0 fully saturated rings. The minimum absolute atomic E-state index is 0.776. The fraction of sp³-hybridized carbons (Fsp3) is 0.150. The zero-order chi connectivity index (χ0) is 16.1. The Kier molecular flexibility index (Phi) is 3.11. The topological polar surface area (TPSA) is 28.2 Å². The molecule has 0 saturated carbocycles. The third-order valence-corrected chi connectivity index (χ3v) is 5.48. The summed E-state index contributed by atoms with van der Waals surface area (Å²) in [6.45, 7) is 6.26. The Hall–Kier alpha value is -2.44. The predicted molar refractivity (Wildman–Crippen MR) is 96.5 cm³/mol. The van der Waals surface area contributed by atoms with Crippen molar-refractivity contribution in [2.24, 2.45) is 0 Å². The van der Waals surface area contributed by atoms with Crippen LogP contribution in [0.5, 0.6) is 0 Å². The molecule has 0 bridgehead atoms. The van der Waals surface area contributed by atoms with E-state index in [0.717, 1.165) is 21.7 Å². The molecule has 2 aromatic heterocycles. The summed E-state index contributed by atoms with van der Waals surface area (Å²) in [5.41, 5.74) is 9.12. The standard InChI is InChI=1S/C20H16N2S/c1-12-4-6-15(7-5-12)17-9-16-8-13(2)18(10-21)20-22(16)19(17)14(3)11-23-20/h4-9,11H,1-3H3. The van der Waals surface area contributed by atoms with E-state index in [4.69, 9.17) is 0 Å². The molecule has 3 heteroatoms. The number of nitriles is 1. The van der Waals surface area contributed by atoms with E-state index in [1.165, 1.54) is 28.0 Å². The van der Waals surface area contributed by atoms with Crippen molar-refractivity contribution in [1.29, 1.82) is 5.26 Å². The Bertz CT molecular complexity index is 1010. The first kappa shape index (κ1) is 14.2. The Labute approximate surface area is 140 Å². The van der Waals surface area contributed by atoms with Crippen molar-refractivity contribution >= 4 is 22.9 Å². The van der Waals surface area contributed by atoms with E-state index in [1.807, 2.05) is 6.92 Å². The highest BCUT2D eigenvalue weighted by Crippen LogP contribution is 2.42. The van der Waals surface area contributed by atoms with Crippen LogP contribution in [0.15, 0.2) is 46.8 Å². The van der Waals surface area contributed by atoms with Crippen LogP contribution in [0.2, 0.25) is 0 Å². The molecule has 0 saturated heterocycles. The third-order valence-electron chi connectivity index (χ3n) is 4.40. The van der Waals surface area contributed by atoms with Crippen molar-refractivity contribution in [3.8, 4) is 17.2 Å². The molecule has 3 heterocycles. The molecule has 0 atom stereocenters. The fourth-order valence-electron chi connectivity index (χ4n) is 3.22. The molecule has 0 radical (unpaired) electrons. The summed E-state index contributed by atoms with van der Waals surface area (Å²) < 4.78 is 2.24. The van der Waals surface area contributed by atoms with Crippen LogP contribution in [0, 0.1) is 25.2 Å². The number of aryl methyl sites for hydroxylation is 2. The van der Waals surface area contributed by atoms with Gasteiger partial charge in [0, 0.05) is 11.1 Å². The number of benzene rings is 1. The van der Waals surface area contributed by atoms with Crippen LogP contribution in [-0.4, -0.2) is 4.40 Å². The van der Waals surface area contributed by atoms with Gasteiger partial charge in [0.2, 0.25) is 0 Å². The van der Waals surface area contributed by atoms with Gasteiger partial charge in [-0.05, 0) is 55.0 Å². The van der Waals surface area contributed by atoms with Crippen molar-refractivity contribution in [3.63, 3.8) is 0 Å². The van der Waals surface area contributed by atoms with Gasteiger partial charge in [-0.2, -0.15) is 5.26 Å². The van der Waals surface area contributed by atoms with Gasteiger partial charge < -0.3 is 4.40 Å². The summed E-state index contributed by atoms with van der Waals surface area (Å²) in [6.07, 6.45) is 0. The van der Waals surface area contributed by atoms with Gasteiger partial charge in [-0.3, -0.25) is 0 Å². The lowest BCUT2D eigenvalue weighted by molar-refractivity contribution is 0.985. The molecule has 0 unspecified atom stereocenters. The van der Waals surface area contributed by atoms with Crippen LogP contribution in [0.25, 0.3) is 22.2 Å². The quantitative estimate of drug-likeness (QED) is 0.588. The van der Waals surface area contributed by atoms with E-state index in [1.54, 1.807) is 11.8 Å². The molecule has 1 aliphatic rings. The lowest BCUT2D eigenvalue weighted by Gasteiger charge is -2.18. The Morgan fingerprint density at radius 3 is 2.48 bits per heavy atom. The molecule has 112 valence electrons. The third kappa shape index (κ3) is 2.03. The summed E-state index contributed by atoms with van der Waals surface area (Å²) in [4.78, 5) is 0. The van der Waals surface area contributed by atoms with Gasteiger partial charge in [-0.25, -0.2) is 0 Å². The van der Waals surface area contributed by atoms with Gasteiger partial charge in [-0.1, -0.05) is 41.6 Å². The van der Waals surface area contributed by atoms with Gasteiger partial charge in [0.05, 0.1) is 11.3 Å². The molecular weight excluding hydrogens is 300 g/mol. The molecule has 0 N–H and O–H groups in total. The number of rotatable bonds is 1. The minimum atomic E-state index is 0.776. The maximum atomic E-state index is 9.53. The number of allylic oxidation sites excluding steroid dienone is 1. The lowest BCUT2D eigenvalue weighted by Crippen LogP contribution is -2.03. The van der Waals surface area contributed by atoms with E-state index in [-0.39, 0.29) is 0 Å². The summed E-state index contributed by atoms with van der Waals surface area (Å²) in [6, 6.07) is 15.4. The second kappa shape index (κ2) is 5.04. The summed E-state index contributed by atoms with van der Waals surface area (Å²) in [5, 5.41) is 12.7. The van der Waals surface area contributed by atoms with E-state index in [2.05, 4.69) is 66.1 Å². The molecule has 0 aliphatic carbocycles. The monoisotopic (exact) mass is 316 g/mol. The van der Waals surface area contributed by atoms with Crippen molar-refractivity contribution < 1.29 is 0 Å². The number of pyridine rings is 1. The Morgan fingerprint density at radius 1 is 1.04 bits per heavy atom.